The number of alkyl halides is 3. The molecule has 2 aromatic rings. The molecular weight excluding hydrogens is 531 g/mol. The van der Waals surface area contributed by atoms with Crippen LogP contribution in [-0.2, 0) is 16.4 Å². The third kappa shape index (κ3) is 6.63. The summed E-state index contributed by atoms with van der Waals surface area (Å²) in [6.07, 6.45) is -0.324. The second-order valence-corrected chi connectivity index (χ2v) is 12.8. The standard InChI is InChI=1S/C28H36F3N3O4S/c1-3-25-26-21(16-34(25)15-18-5-9-22(10-6-18)28(29,30)31)13-20(14-32-26)27(36)33-24(17-35)19-7-11-23(12-8-19)39(37,38)4-2/h7-8,11-14,18,22,24-25,35H,3-6,9-10,15-17H2,1-2H3,(H,33,36)/t18-,22-,24-,25?/m0/s1. The number of rotatable bonds is 9. The van der Waals surface area contributed by atoms with E-state index in [2.05, 4.69) is 22.1 Å². The number of hydrogen-bond donors (Lipinski definition) is 2. The first kappa shape index (κ1) is 29.5. The van der Waals surface area contributed by atoms with Gasteiger partial charge in [0.05, 0.1) is 46.5 Å². The molecular formula is C28H36F3N3O4S. The van der Waals surface area contributed by atoms with E-state index in [1.165, 1.54) is 18.3 Å². The molecule has 0 saturated heterocycles. The summed E-state index contributed by atoms with van der Waals surface area (Å²) in [5.41, 5.74) is 2.74. The first-order chi connectivity index (χ1) is 18.5. The van der Waals surface area contributed by atoms with Gasteiger partial charge in [-0.15, -0.1) is 0 Å². The van der Waals surface area contributed by atoms with Gasteiger partial charge in [0.15, 0.2) is 9.84 Å². The molecule has 4 rings (SSSR count). The summed E-state index contributed by atoms with van der Waals surface area (Å²) >= 11 is 0. The SMILES string of the molecule is CCC1c2ncc(C(=O)N[C@@H](CO)c3ccc(S(=O)(=O)CC)cc3)cc2CN1C[C@H]1CC[C@H](C(F)(F)F)CC1. The van der Waals surface area contributed by atoms with Crippen molar-refractivity contribution in [3.8, 4) is 0 Å². The highest BCUT2D eigenvalue weighted by molar-refractivity contribution is 7.91. The fraction of sp³-hybridized carbons (Fsp3) is 0.571. The van der Waals surface area contributed by atoms with Crippen molar-refractivity contribution in [2.45, 2.75) is 75.7 Å². The number of nitrogens with zero attached hydrogens (tertiary/aromatic N) is 2. The van der Waals surface area contributed by atoms with Gasteiger partial charge in [0.25, 0.3) is 5.91 Å². The van der Waals surface area contributed by atoms with E-state index in [4.69, 9.17) is 0 Å². The van der Waals surface area contributed by atoms with Gasteiger partial charge >= 0.3 is 6.18 Å². The number of hydrogen-bond acceptors (Lipinski definition) is 6. The number of fused-ring (bicyclic) bond motifs is 1. The molecule has 1 aliphatic heterocycles. The van der Waals surface area contributed by atoms with Gasteiger partial charge in [0.1, 0.15) is 0 Å². The van der Waals surface area contributed by atoms with E-state index in [1.807, 2.05) is 0 Å². The quantitative estimate of drug-likeness (QED) is 0.444. The summed E-state index contributed by atoms with van der Waals surface area (Å²) in [6.45, 7) is 4.54. The molecule has 0 bridgehead atoms. The molecule has 1 aromatic carbocycles. The lowest BCUT2D eigenvalue weighted by Gasteiger charge is -2.33. The molecule has 0 radical (unpaired) electrons. The minimum Gasteiger partial charge on any atom is -0.394 e. The van der Waals surface area contributed by atoms with E-state index in [0.29, 0.717) is 37.1 Å². The van der Waals surface area contributed by atoms with Crippen molar-refractivity contribution >= 4 is 15.7 Å². The van der Waals surface area contributed by atoms with Crippen LogP contribution in [0.5, 0.6) is 0 Å². The Morgan fingerprint density at radius 3 is 2.38 bits per heavy atom. The molecule has 2 aliphatic rings. The Morgan fingerprint density at radius 1 is 1.15 bits per heavy atom. The van der Waals surface area contributed by atoms with Crippen molar-refractivity contribution < 1.29 is 31.5 Å². The van der Waals surface area contributed by atoms with Crippen molar-refractivity contribution in [2.24, 2.45) is 11.8 Å². The van der Waals surface area contributed by atoms with Gasteiger partial charge in [-0.2, -0.15) is 13.2 Å². The smallest absolute Gasteiger partial charge is 0.391 e. The molecule has 2 heterocycles. The van der Waals surface area contributed by atoms with Gasteiger partial charge in [-0.25, -0.2) is 8.42 Å². The van der Waals surface area contributed by atoms with Crippen LogP contribution in [0.3, 0.4) is 0 Å². The van der Waals surface area contributed by atoms with E-state index in [1.54, 1.807) is 25.1 Å². The lowest BCUT2D eigenvalue weighted by molar-refractivity contribution is -0.184. The average molecular weight is 568 g/mol. The highest BCUT2D eigenvalue weighted by atomic mass is 32.2. The fourth-order valence-electron chi connectivity index (χ4n) is 5.77. The molecule has 1 aliphatic carbocycles. The number of pyridine rings is 1. The summed E-state index contributed by atoms with van der Waals surface area (Å²) in [5.74, 6) is -1.42. The van der Waals surface area contributed by atoms with Crippen LogP contribution in [0.15, 0.2) is 41.4 Å². The highest BCUT2D eigenvalue weighted by Crippen LogP contribution is 2.42. The summed E-state index contributed by atoms with van der Waals surface area (Å²) in [6, 6.07) is 7.22. The van der Waals surface area contributed by atoms with Crippen molar-refractivity contribution in [2.75, 3.05) is 18.9 Å². The number of carbonyl (C=O) groups is 1. The summed E-state index contributed by atoms with van der Waals surface area (Å²) in [5, 5.41) is 12.7. The van der Waals surface area contributed by atoms with Gasteiger partial charge < -0.3 is 10.4 Å². The maximum atomic E-state index is 13.1. The van der Waals surface area contributed by atoms with Gasteiger partial charge in [0, 0.05) is 19.3 Å². The minimum absolute atomic E-state index is 0.0205. The first-order valence-corrected chi connectivity index (χ1v) is 15.2. The van der Waals surface area contributed by atoms with Crippen LogP contribution in [-0.4, -0.2) is 54.4 Å². The zero-order valence-electron chi connectivity index (χ0n) is 22.2. The van der Waals surface area contributed by atoms with Crippen molar-refractivity contribution in [3.05, 3.63) is 58.9 Å². The first-order valence-electron chi connectivity index (χ1n) is 13.5. The molecule has 1 aromatic heterocycles. The third-order valence-electron chi connectivity index (χ3n) is 8.09. The Labute approximate surface area is 227 Å². The van der Waals surface area contributed by atoms with Gasteiger partial charge in [-0.05, 0) is 67.3 Å². The molecule has 1 fully saturated rings. The van der Waals surface area contributed by atoms with Crippen LogP contribution in [0.1, 0.15) is 85.2 Å². The largest absolute Gasteiger partial charge is 0.394 e. The Morgan fingerprint density at radius 2 is 1.82 bits per heavy atom. The van der Waals surface area contributed by atoms with Crippen molar-refractivity contribution in [1.82, 2.24) is 15.2 Å². The number of nitrogens with one attached hydrogen (secondary N) is 1. The number of aliphatic hydroxyl groups is 1. The van der Waals surface area contributed by atoms with Gasteiger partial charge in [-0.1, -0.05) is 26.0 Å². The van der Waals surface area contributed by atoms with Crippen LogP contribution in [0.4, 0.5) is 13.2 Å². The minimum atomic E-state index is -4.12. The Kier molecular flexibility index (Phi) is 9.02. The Hall–Kier alpha value is -2.50. The molecule has 7 nitrogen and oxygen atoms in total. The Bertz CT molecular complexity index is 1260. The lowest BCUT2D eigenvalue weighted by atomic mass is 9.81. The zero-order valence-corrected chi connectivity index (χ0v) is 23.1. The van der Waals surface area contributed by atoms with Gasteiger partial charge in [-0.3, -0.25) is 14.7 Å². The Balaban J connectivity index is 1.41. The molecule has 2 atom stereocenters. The fourth-order valence-corrected chi connectivity index (χ4v) is 6.66. The molecule has 1 amide bonds. The lowest BCUT2D eigenvalue weighted by Crippen LogP contribution is -2.33. The number of halogens is 3. The molecule has 0 spiro atoms. The normalized spacial score (nSPS) is 22.9. The molecule has 2 N–H and O–H groups in total. The molecule has 214 valence electrons. The predicted octanol–water partition coefficient (Wildman–Crippen LogP) is 4.97. The zero-order chi connectivity index (χ0) is 28.4. The second-order valence-electron chi connectivity index (χ2n) is 10.6. The monoisotopic (exact) mass is 567 g/mol. The van der Waals surface area contributed by atoms with E-state index < -0.39 is 33.9 Å². The topological polar surface area (TPSA) is 99.6 Å². The van der Waals surface area contributed by atoms with E-state index in [0.717, 1.165) is 17.7 Å². The number of aliphatic hydroxyl groups excluding tert-OH is 1. The number of carbonyl (C=O) groups excluding carboxylic acids is 1. The average Bonchev–Trinajstić information content (AvgIpc) is 3.27. The maximum absolute atomic E-state index is 13.1. The highest BCUT2D eigenvalue weighted by Gasteiger charge is 2.42. The summed E-state index contributed by atoms with van der Waals surface area (Å²) < 4.78 is 63.3. The van der Waals surface area contributed by atoms with E-state index >= 15 is 0 Å². The van der Waals surface area contributed by atoms with Crippen molar-refractivity contribution in [1.29, 1.82) is 0 Å². The third-order valence-corrected chi connectivity index (χ3v) is 9.84. The van der Waals surface area contributed by atoms with Crippen LogP contribution < -0.4 is 5.32 Å². The van der Waals surface area contributed by atoms with Crippen LogP contribution in [0, 0.1) is 11.8 Å². The van der Waals surface area contributed by atoms with Crippen LogP contribution in [0.2, 0.25) is 0 Å². The number of amides is 1. The van der Waals surface area contributed by atoms with Gasteiger partial charge in [0.2, 0.25) is 0 Å². The molecule has 39 heavy (non-hydrogen) atoms. The van der Waals surface area contributed by atoms with E-state index in [-0.39, 0.29) is 42.1 Å². The number of benzene rings is 1. The summed E-state index contributed by atoms with van der Waals surface area (Å²) in [7, 11) is -3.36. The predicted molar refractivity (Wildman–Crippen MR) is 141 cm³/mol. The number of aromatic nitrogens is 1. The van der Waals surface area contributed by atoms with Crippen molar-refractivity contribution in [3.63, 3.8) is 0 Å². The maximum Gasteiger partial charge on any atom is 0.391 e. The number of sulfone groups is 1. The molecule has 1 unspecified atom stereocenters. The van der Waals surface area contributed by atoms with E-state index in [9.17, 15) is 31.5 Å². The second kappa shape index (κ2) is 11.9. The molecule has 11 heteroatoms. The van der Waals surface area contributed by atoms with Crippen LogP contribution >= 0.6 is 0 Å². The summed E-state index contributed by atoms with van der Waals surface area (Å²) in [4.78, 5) is 20.1. The molecule has 1 saturated carbocycles. The van der Waals surface area contributed by atoms with Crippen LogP contribution in [0.25, 0.3) is 0 Å².